The molecule has 0 spiro atoms. The molecular formula is C24H23FN4O. The largest absolute Gasteiger partial charge is 0.490 e. The first kappa shape index (κ1) is 19.6. The van der Waals surface area contributed by atoms with Gasteiger partial charge in [-0.05, 0) is 44.5 Å². The number of fused-ring (bicyclic) bond motifs is 1. The fourth-order valence-electron chi connectivity index (χ4n) is 3.45. The average Bonchev–Trinajstić information content (AvgIpc) is 2.70. The van der Waals surface area contributed by atoms with Crippen molar-refractivity contribution in [1.29, 1.82) is 0 Å². The monoisotopic (exact) mass is 402 g/mol. The Kier molecular flexibility index (Phi) is 4.99. The summed E-state index contributed by atoms with van der Waals surface area (Å²) in [6, 6.07) is 14.0. The summed E-state index contributed by atoms with van der Waals surface area (Å²) in [6.07, 6.45) is 1.65. The van der Waals surface area contributed by atoms with Gasteiger partial charge in [0, 0.05) is 40.2 Å². The Morgan fingerprint density at radius 3 is 2.57 bits per heavy atom. The van der Waals surface area contributed by atoms with E-state index in [-0.39, 0.29) is 11.9 Å². The molecule has 0 bridgehead atoms. The molecule has 30 heavy (non-hydrogen) atoms. The van der Waals surface area contributed by atoms with Crippen LogP contribution < -0.4 is 16.2 Å². The molecule has 0 saturated carbocycles. The van der Waals surface area contributed by atoms with Gasteiger partial charge in [0.25, 0.3) is 0 Å². The van der Waals surface area contributed by atoms with Gasteiger partial charge in [-0.2, -0.15) is 0 Å². The third kappa shape index (κ3) is 3.52. The second-order valence-electron chi connectivity index (χ2n) is 7.50. The van der Waals surface area contributed by atoms with Crippen molar-refractivity contribution in [1.82, 2.24) is 9.97 Å². The molecule has 4 aromatic rings. The molecule has 0 atom stereocenters. The Morgan fingerprint density at radius 2 is 1.80 bits per heavy atom. The molecule has 5 nitrogen and oxygen atoms in total. The third-order valence-corrected chi connectivity index (χ3v) is 4.93. The van der Waals surface area contributed by atoms with Crippen molar-refractivity contribution in [3.63, 3.8) is 0 Å². The van der Waals surface area contributed by atoms with Gasteiger partial charge in [-0.15, -0.1) is 0 Å². The molecule has 4 N–H and O–H groups in total. The number of aryl methyl sites for hydroxylation is 1. The van der Waals surface area contributed by atoms with Crippen LogP contribution in [0.3, 0.4) is 0 Å². The number of nitrogens with two attached hydrogens (primary N) is 2. The van der Waals surface area contributed by atoms with Crippen LogP contribution in [0.25, 0.3) is 33.4 Å². The van der Waals surface area contributed by atoms with Crippen LogP contribution in [0, 0.1) is 12.7 Å². The summed E-state index contributed by atoms with van der Waals surface area (Å²) in [4.78, 5) is 9.30. The van der Waals surface area contributed by atoms with Crippen LogP contribution >= 0.6 is 0 Å². The molecular weight excluding hydrogens is 379 g/mol. The highest BCUT2D eigenvalue weighted by Crippen LogP contribution is 2.37. The summed E-state index contributed by atoms with van der Waals surface area (Å²) in [6.45, 7) is 5.72. The van der Waals surface area contributed by atoms with Crippen LogP contribution in [-0.4, -0.2) is 16.1 Å². The zero-order valence-corrected chi connectivity index (χ0v) is 17.1. The molecule has 1 heterocycles. The number of halogens is 1. The Bertz CT molecular complexity index is 1250. The number of nitrogens with zero attached hydrogens (tertiary/aromatic N) is 2. The van der Waals surface area contributed by atoms with Crippen molar-refractivity contribution in [2.24, 2.45) is 0 Å². The fraction of sp³-hybridized carbons (Fsp3) is 0.167. The summed E-state index contributed by atoms with van der Waals surface area (Å²) in [5, 5.41) is 0.848. The van der Waals surface area contributed by atoms with Crippen LogP contribution in [0.5, 0.6) is 5.75 Å². The standard InChI is InChI=1S/C24H23FN4O/c1-13(2)30-20-11-16(25)8-9-17(20)18-6-4-5-15-12-28-24(29-23(15)18)21-19(26)10-7-14(3)22(21)27/h4-13H,26-27H2,1-3H3. The molecule has 0 aliphatic rings. The number of hydrogen-bond acceptors (Lipinski definition) is 5. The Labute approximate surface area is 174 Å². The van der Waals surface area contributed by atoms with E-state index in [1.54, 1.807) is 18.3 Å². The number of rotatable bonds is 4. The van der Waals surface area contributed by atoms with E-state index in [2.05, 4.69) is 4.98 Å². The lowest BCUT2D eigenvalue weighted by atomic mass is 10.0. The van der Waals surface area contributed by atoms with Gasteiger partial charge in [0.05, 0.1) is 17.2 Å². The van der Waals surface area contributed by atoms with Gasteiger partial charge in [-0.25, -0.2) is 14.4 Å². The first-order chi connectivity index (χ1) is 14.3. The SMILES string of the molecule is Cc1ccc(N)c(-c2ncc3cccc(-c4ccc(F)cc4OC(C)C)c3n2)c1N. The normalized spacial score (nSPS) is 11.2. The second kappa shape index (κ2) is 7.63. The van der Waals surface area contributed by atoms with Crippen molar-refractivity contribution in [3.05, 3.63) is 66.1 Å². The minimum atomic E-state index is -0.356. The van der Waals surface area contributed by atoms with E-state index < -0.39 is 0 Å². The van der Waals surface area contributed by atoms with Gasteiger partial charge < -0.3 is 16.2 Å². The van der Waals surface area contributed by atoms with Crippen molar-refractivity contribution < 1.29 is 9.13 Å². The number of para-hydroxylation sites is 1. The van der Waals surface area contributed by atoms with E-state index in [1.807, 2.05) is 45.0 Å². The number of anilines is 2. The van der Waals surface area contributed by atoms with E-state index in [0.717, 1.165) is 22.1 Å². The molecule has 0 fully saturated rings. The van der Waals surface area contributed by atoms with E-state index in [1.165, 1.54) is 12.1 Å². The summed E-state index contributed by atoms with van der Waals surface area (Å²) in [5.41, 5.74) is 17.3. The van der Waals surface area contributed by atoms with Crippen LogP contribution in [-0.2, 0) is 0 Å². The maximum absolute atomic E-state index is 13.9. The Morgan fingerprint density at radius 1 is 1.00 bits per heavy atom. The van der Waals surface area contributed by atoms with Crippen LogP contribution in [0.2, 0.25) is 0 Å². The summed E-state index contributed by atoms with van der Waals surface area (Å²) < 4.78 is 19.8. The average molecular weight is 402 g/mol. The van der Waals surface area contributed by atoms with E-state index in [9.17, 15) is 4.39 Å². The molecule has 152 valence electrons. The van der Waals surface area contributed by atoms with Crippen LogP contribution in [0.15, 0.2) is 54.7 Å². The zero-order valence-electron chi connectivity index (χ0n) is 17.1. The highest BCUT2D eigenvalue weighted by molar-refractivity contribution is 5.96. The number of aromatic nitrogens is 2. The number of hydrogen-bond donors (Lipinski definition) is 2. The maximum atomic E-state index is 13.9. The quantitative estimate of drug-likeness (QED) is 0.449. The lowest BCUT2D eigenvalue weighted by molar-refractivity contribution is 0.242. The van der Waals surface area contributed by atoms with Gasteiger partial charge >= 0.3 is 0 Å². The van der Waals surface area contributed by atoms with Gasteiger partial charge in [-0.3, -0.25) is 0 Å². The van der Waals surface area contributed by atoms with Crippen LogP contribution in [0.1, 0.15) is 19.4 Å². The van der Waals surface area contributed by atoms with Crippen molar-refractivity contribution in [2.75, 3.05) is 11.5 Å². The molecule has 4 rings (SSSR count). The summed E-state index contributed by atoms with van der Waals surface area (Å²) >= 11 is 0. The van der Waals surface area contributed by atoms with Crippen molar-refractivity contribution in [3.8, 4) is 28.3 Å². The number of nitrogen functional groups attached to an aromatic ring is 2. The smallest absolute Gasteiger partial charge is 0.163 e. The van der Waals surface area contributed by atoms with Gasteiger partial charge in [0.1, 0.15) is 11.6 Å². The number of ether oxygens (including phenoxy) is 1. The third-order valence-electron chi connectivity index (χ3n) is 4.93. The molecule has 0 amide bonds. The van der Waals surface area contributed by atoms with Crippen LogP contribution in [0.4, 0.5) is 15.8 Å². The second-order valence-corrected chi connectivity index (χ2v) is 7.50. The molecule has 1 aromatic heterocycles. The minimum absolute atomic E-state index is 0.0994. The number of benzene rings is 3. The van der Waals surface area contributed by atoms with Gasteiger partial charge in [-0.1, -0.05) is 24.3 Å². The van der Waals surface area contributed by atoms with Gasteiger partial charge in [0.2, 0.25) is 0 Å². The summed E-state index contributed by atoms with van der Waals surface area (Å²) in [5.74, 6) is 0.555. The zero-order chi connectivity index (χ0) is 21.4. The molecule has 0 aliphatic heterocycles. The molecule has 0 unspecified atom stereocenters. The molecule has 0 saturated heterocycles. The molecule has 0 radical (unpaired) electrons. The highest BCUT2D eigenvalue weighted by atomic mass is 19.1. The predicted octanol–water partition coefficient (Wildman–Crippen LogP) is 5.36. The van der Waals surface area contributed by atoms with E-state index in [0.29, 0.717) is 34.0 Å². The van der Waals surface area contributed by atoms with E-state index in [4.69, 9.17) is 21.2 Å². The molecule has 6 heteroatoms. The first-order valence-corrected chi connectivity index (χ1v) is 9.72. The molecule has 3 aromatic carbocycles. The maximum Gasteiger partial charge on any atom is 0.163 e. The lowest BCUT2D eigenvalue weighted by Gasteiger charge is -2.16. The van der Waals surface area contributed by atoms with Crippen molar-refractivity contribution in [2.45, 2.75) is 26.9 Å². The Hall–Kier alpha value is -3.67. The van der Waals surface area contributed by atoms with Gasteiger partial charge in [0.15, 0.2) is 5.82 Å². The Balaban J connectivity index is 1.97. The predicted molar refractivity (Wildman–Crippen MR) is 120 cm³/mol. The fourth-order valence-corrected chi connectivity index (χ4v) is 3.45. The van der Waals surface area contributed by atoms with Crippen molar-refractivity contribution >= 4 is 22.3 Å². The first-order valence-electron chi connectivity index (χ1n) is 9.72. The minimum Gasteiger partial charge on any atom is -0.490 e. The van der Waals surface area contributed by atoms with E-state index >= 15 is 0 Å². The highest BCUT2D eigenvalue weighted by Gasteiger charge is 2.17. The topological polar surface area (TPSA) is 87.0 Å². The molecule has 0 aliphatic carbocycles. The summed E-state index contributed by atoms with van der Waals surface area (Å²) in [7, 11) is 0. The lowest BCUT2D eigenvalue weighted by Crippen LogP contribution is -2.07.